The molecule has 2 N–H and O–H groups in total. The number of carbonyl (C=O) groups is 1. The summed E-state index contributed by atoms with van der Waals surface area (Å²) in [6.07, 6.45) is 6.14. The zero-order valence-corrected chi connectivity index (χ0v) is 11.7. The van der Waals surface area contributed by atoms with Crippen molar-refractivity contribution in [2.45, 2.75) is 57.9 Å². The van der Waals surface area contributed by atoms with E-state index >= 15 is 0 Å². The molecular weight excluding hydrogens is 230 g/mol. The Morgan fingerprint density at radius 2 is 2.33 bits per heavy atom. The van der Waals surface area contributed by atoms with Crippen LogP contribution in [0.15, 0.2) is 0 Å². The quantitative estimate of drug-likeness (QED) is 0.540. The number of rotatable bonds is 7. The van der Waals surface area contributed by atoms with Crippen LogP contribution < -0.4 is 5.32 Å². The predicted molar refractivity (Wildman–Crippen MR) is 71.3 cm³/mol. The summed E-state index contributed by atoms with van der Waals surface area (Å²) in [5.74, 6) is 0.393. The smallest absolute Gasteiger partial charge is 0.319 e. The van der Waals surface area contributed by atoms with Gasteiger partial charge in [-0.3, -0.25) is 10.1 Å². The molecule has 2 unspecified atom stereocenters. The third-order valence-electron chi connectivity index (χ3n) is 3.76. The van der Waals surface area contributed by atoms with Gasteiger partial charge < -0.3 is 9.84 Å². The Labute approximate surface area is 110 Å². The molecule has 4 heteroatoms. The number of aliphatic hydroxyl groups excluding tert-OH is 1. The van der Waals surface area contributed by atoms with Crippen LogP contribution in [0.2, 0.25) is 0 Å². The highest BCUT2D eigenvalue weighted by Gasteiger charge is 2.34. The highest BCUT2D eigenvalue weighted by atomic mass is 16.5. The van der Waals surface area contributed by atoms with Gasteiger partial charge in [0.05, 0.1) is 19.8 Å². The molecule has 0 amide bonds. The predicted octanol–water partition coefficient (Wildman–Crippen LogP) is 1.86. The van der Waals surface area contributed by atoms with Crippen LogP contribution in [0, 0.1) is 5.92 Å². The maximum atomic E-state index is 11.5. The van der Waals surface area contributed by atoms with Gasteiger partial charge in [0, 0.05) is 5.54 Å². The molecule has 1 saturated carbocycles. The van der Waals surface area contributed by atoms with E-state index in [0.717, 1.165) is 32.1 Å². The number of aliphatic hydroxyl groups is 1. The van der Waals surface area contributed by atoms with Crippen LogP contribution >= 0.6 is 0 Å². The Balaban J connectivity index is 2.32. The van der Waals surface area contributed by atoms with E-state index in [9.17, 15) is 9.90 Å². The lowest BCUT2D eigenvalue weighted by Gasteiger charge is -2.39. The third kappa shape index (κ3) is 4.94. The first kappa shape index (κ1) is 15.4. The Morgan fingerprint density at radius 1 is 1.56 bits per heavy atom. The Morgan fingerprint density at radius 3 is 2.94 bits per heavy atom. The van der Waals surface area contributed by atoms with Crippen molar-refractivity contribution in [1.29, 1.82) is 0 Å². The molecule has 0 bridgehead atoms. The minimum absolute atomic E-state index is 0.0968. The summed E-state index contributed by atoms with van der Waals surface area (Å²) in [5.41, 5.74) is -0.276. The van der Waals surface area contributed by atoms with Crippen molar-refractivity contribution in [3.63, 3.8) is 0 Å². The number of nitrogens with one attached hydrogen (secondary N) is 1. The molecule has 1 aliphatic rings. The lowest BCUT2D eigenvalue weighted by atomic mass is 9.77. The molecule has 18 heavy (non-hydrogen) atoms. The fourth-order valence-corrected chi connectivity index (χ4v) is 2.66. The van der Waals surface area contributed by atoms with Crippen molar-refractivity contribution < 1.29 is 14.6 Å². The molecule has 0 aliphatic heterocycles. The first-order valence-corrected chi connectivity index (χ1v) is 7.13. The molecule has 1 fully saturated rings. The van der Waals surface area contributed by atoms with Crippen molar-refractivity contribution in [3.05, 3.63) is 0 Å². The normalized spacial score (nSPS) is 28.1. The number of esters is 1. The maximum Gasteiger partial charge on any atom is 0.319 e. The minimum atomic E-state index is -0.276. The van der Waals surface area contributed by atoms with Crippen molar-refractivity contribution >= 4 is 5.97 Å². The lowest BCUT2D eigenvalue weighted by Crippen LogP contribution is -2.53. The second-order valence-corrected chi connectivity index (χ2v) is 5.57. The number of hydrogen-bond acceptors (Lipinski definition) is 4. The van der Waals surface area contributed by atoms with Gasteiger partial charge in [-0.15, -0.1) is 0 Å². The van der Waals surface area contributed by atoms with Gasteiger partial charge in [0.25, 0.3) is 0 Å². The molecule has 0 saturated heterocycles. The molecule has 1 aliphatic carbocycles. The van der Waals surface area contributed by atoms with Crippen molar-refractivity contribution in [2.24, 2.45) is 5.92 Å². The van der Waals surface area contributed by atoms with Crippen LogP contribution in [-0.2, 0) is 9.53 Å². The summed E-state index contributed by atoms with van der Waals surface area (Å²) < 4.78 is 5.11. The summed E-state index contributed by atoms with van der Waals surface area (Å²) in [7, 11) is 0. The molecule has 106 valence electrons. The van der Waals surface area contributed by atoms with Crippen molar-refractivity contribution in [3.8, 4) is 0 Å². The zero-order valence-electron chi connectivity index (χ0n) is 11.7. The van der Waals surface area contributed by atoms with Gasteiger partial charge in [0.2, 0.25) is 0 Å². The number of unbranched alkanes of at least 4 members (excludes halogenated alkanes) is 1. The van der Waals surface area contributed by atoms with Gasteiger partial charge in [-0.05, 0) is 25.2 Å². The number of carbonyl (C=O) groups excluding carboxylic acids is 1. The van der Waals surface area contributed by atoms with E-state index in [-0.39, 0.29) is 24.7 Å². The molecule has 1 rings (SSSR count). The molecule has 0 heterocycles. The summed E-state index contributed by atoms with van der Waals surface area (Å²) >= 11 is 0. The van der Waals surface area contributed by atoms with Crippen LogP contribution in [0.25, 0.3) is 0 Å². The van der Waals surface area contributed by atoms with Crippen LogP contribution in [0.4, 0.5) is 0 Å². The van der Waals surface area contributed by atoms with Gasteiger partial charge in [-0.25, -0.2) is 0 Å². The molecule has 0 radical (unpaired) electrons. The monoisotopic (exact) mass is 257 g/mol. The van der Waals surface area contributed by atoms with Gasteiger partial charge in [-0.2, -0.15) is 0 Å². The van der Waals surface area contributed by atoms with E-state index in [1.165, 1.54) is 6.42 Å². The minimum Gasteiger partial charge on any atom is -0.465 e. The van der Waals surface area contributed by atoms with Crippen LogP contribution in [0.1, 0.15) is 52.4 Å². The Bertz CT molecular complexity index is 257. The van der Waals surface area contributed by atoms with E-state index in [1.807, 2.05) is 0 Å². The number of hydrogen-bond donors (Lipinski definition) is 2. The highest BCUT2D eigenvalue weighted by Crippen LogP contribution is 2.31. The molecular formula is C14H27NO3. The Kier molecular flexibility index (Phi) is 6.65. The fraction of sp³-hybridized carbons (Fsp3) is 0.929. The van der Waals surface area contributed by atoms with E-state index in [4.69, 9.17) is 4.74 Å². The summed E-state index contributed by atoms with van der Waals surface area (Å²) in [6, 6.07) is 0. The molecule has 0 aromatic rings. The lowest BCUT2D eigenvalue weighted by molar-refractivity contribution is -0.143. The standard InChI is InChI=1S/C14H27NO3/c1-3-4-8-18-13(17)10-15-14(11-16)7-5-6-12(2)9-14/h12,15-16H,3-11H2,1-2H3. The highest BCUT2D eigenvalue weighted by molar-refractivity contribution is 5.71. The van der Waals surface area contributed by atoms with Crippen molar-refractivity contribution in [1.82, 2.24) is 5.32 Å². The van der Waals surface area contributed by atoms with E-state index < -0.39 is 0 Å². The van der Waals surface area contributed by atoms with Gasteiger partial charge >= 0.3 is 5.97 Å². The third-order valence-corrected chi connectivity index (χ3v) is 3.76. The van der Waals surface area contributed by atoms with Crippen molar-refractivity contribution in [2.75, 3.05) is 19.8 Å². The molecule has 0 aromatic heterocycles. The fourth-order valence-electron chi connectivity index (χ4n) is 2.66. The average Bonchev–Trinajstić information content (AvgIpc) is 2.37. The maximum absolute atomic E-state index is 11.5. The van der Waals surface area contributed by atoms with Gasteiger partial charge in [-0.1, -0.05) is 33.1 Å². The number of ether oxygens (including phenoxy) is 1. The average molecular weight is 257 g/mol. The molecule has 4 nitrogen and oxygen atoms in total. The topological polar surface area (TPSA) is 58.6 Å². The SMILES string of the molecule is CCCCOC(=O)CNC1(CO)CCCC(C)C1. The Hall–Kier alpha value is -0.610. The van der Waals surface area contributed by atoms with Gasteiger partial charge in [0.1, 0.15) is 0 Å². The van der Waals surface area contributed by atoms with Crippen LogP contribution in [0.3, 0.4) is 0 Å². The zero-order chi connectivity index (χ0) is 13.4. The molecule has 2 atom stereocenters. The molecule has 0 spiro atoms. The summed E-state index contributed by atoms with van der Waals surface area (Å²) in [5, 5.41) is 12.8. The van der Waals surface area contributed by atoms with E-state index in [0.29, 0.717) is 12.5 Å². The van der Waals surface area contributed by atoms with E-state index in [1.54, 1.807) is 0 Å². The van der Waals surface area contributed by atoms with Gasteiger partial charge in [0.15, 0.2) is 0 Å². The molecule has 0 aromatic carbocycles. The van der Waals surface area contributed by atoms with E-state index in [2.05, 4.69) is 19.2 Å². The largest absolute Gasteiger partial charge is 0.465 e. The summed E-state index contributed by atoms with van der Waals surface area (Å²) in [4.78, 5) is 11.5. The van der Waals surface area contributed by atoms with Crippen LogP contribution in [0.5, 0.6) is 0 Å². The van der Waals surface area contributed by atoms with Crippen LogP contribution in [-0.4, -0.2) is 36.4 Å². The second-order valence-electron chi connectivity index (χ2n) is 5.57. The first-order chi connectivity index (χ1) is 8.62. The second kappa shape index (κ2) is 7.74. The first-order valence-electron chi connectivity index (χ1n) is 7.13. The summed E-state index contributed by atoms with van der Waals surface area (Å²) in [6.45, 7) is 5.07.